The number of guanidine groups is 1. The number of hydrogen-bond donors (Lipinski definition) is 3. The summed E-state index contributed by atoms with van der Waals surface area (Å²) in [7, 11) is 0. The van der Waals surface area contributed by atoms with E-state index in [4.69, 9.17) is 10.5 Å². The van der Waals surface area contributed by atoms with Crippen LogP contribution in [0, 0.1) is 0 Å². The summed E-state index contributed by atoms with van der Waals surface area (Å²) in [4.78, 5) is 15.4. The van der Waals surface area contributed by atoms with Crippen LogP contribution in [-0.4, -0.2) is 25.0 Å². The number of primary amides is 1. The van der Waals surface area contributed by atoms with Crippen LogP contribution in [0.3, 0.4) is 0 Å². The number of nitrogens with two attached hydrogens (primary N) is 1. The molecule has 0 bridgehead atoms. The number of amides is 1. The van der Waals surface area contributed by atoms with Gasteiger partial charge in [0.15, 0.2) is 12.6 Å². The van der Waals surface area contributed by atoms with Gasteiger partial charge in [-0.25, -0.2) is 4.99 Å². The molecule has 0 fully saturated rings. The highest BCUT2D eigenvalue weighted by atomic mass is 16.5. The second-order valence-corrected chi connectivity index (χ2v) is 5.44. The second-order valence-electron chi connectivity index (χ2n) is 5.44. The van der Waals surface area contributed by atoms with Crippen LogP contribution >= 0.6 is 0 Å². The van der Waals surface area contributed by atoms with E-state index in [1.807, 2.05) is 43.3 Å². The Morgan fingerprint density at radius 1 is 1.08 bits per heavy atom. The molecular weight excluding hydrogens is 316 g/mol. The average molecular weight is 340 g/mol. The number of carbonyl (C=O) groups is 1. The van der Waals surface area contributed by atoms with Gasteiger partial charge in [0.1, 0.15) is 5.75 Å². The average Bonchev–Trinajstić information content (AvgIpc) is 2.63. The van der Waals surface area contributed by atoms with Crippen molar-refractivity contribution in [1.82, 2.24) is 10.6 Å². The van der Waals surface area contributed by atoms with E-state index in [-0.39, 0.29) is 6.61 Å². The minimum atomic E-state index is -0.497. The van der Waals surface area contributed by atoms with Crippen molar-refractivity contribution in [3.63, 3.8) is 0 Å². The van der Waals surface area contributed by atoms with Gasteiger partial charge in [-0.15, -0.1) is 0 Å². The first kappa shape index (κ1) is 18.3. The first-order valence-electron chi connectivity index (χ1n) is 8.23. The smallest absolute Gasteiger partial charge is 0.255 e. The van der Waals surface area contributed by atoms with E-state index >= 15 is 0 Å². The van der Waals surface area contributed by atoms with Crippen molar-refractivity contribution >= 4 is 11.9 Å². The van der Waals surface area contributed by atoms with E-state index in [0.29, 0.717) is 18.8 Å². The molecule has 1 amide bonds. The second kappa shape index (κ2) is 9.97. The summed E-state index contributed by atoms with van der Waals surface area (Å²) in [6, 6.07) is 17.6. The fourth-order valence-corrected chi connectivity index (χ4v) is 2.18. The van der Waals surface area contributed by atoms with Crippen LogP contribution in [0.2, 0.25) is 0 Å². The third kappa shape index (κ3) is 6.95. The Labute approximate surface area is 148 Å². The predicted molar refractivity (Wildman–Crippen MR) is 99.2 cm³/mol. The molecule has 25 heavy (non-hydrogen) atoms. The molecule has 0 aliphatic rings. The quantitative estimate of drug-likeness (QED) is 0.505. The first-order valence-corrected chi connectivity index (χ1v) is 8.23. The van der Waals surface area contributed by atoms with Gasteiger partial charge < -0.3 is 21.1 Å². The van der Waals surface area contributed by atoms with Crippen molar-refractivity contribution in [2.45, 2.75) is 20.0 Å². The maximum Gasteiger partial charge on any atom is 0.255 e. The highest BCUT2D eigenvalue weighted by molar-refractivity contribution is 5.79. The van der Waals surface area contributed by atoms with E-state index in [9.17, 15) is 4.79 Å². The molecule has 0 unspecified atom stereocenters. The molecule has 2 aromatic rings. The van der Waals surface area contributed by atoms with Crippen LogP contribution in [0.15, 0.2) is 59.6 Å². The van der Waals surface area contributed by atoms with Gasteiger partial charge in [-0.2, -0.15) is 0 Å². The van der Waals surface area contributed by atoms with E-state index in [1.165, 1.54) is 5.56 Å². The number of ether oxygens (including phenoxy) is 1. The Hall–Kier alpha value is -3.02. The lowest BCUT2D eigenvalue weighted by molar-refractivity contribution is -0.119. The Balaban J connectivity index is 1.95. The zero-order valence-corrected chi connectivity index (χ0v) is 14.4. The number of rotatable bonds is 8. The van der Waals surface area contributed by atoms with E-state index in [1.54, 1.807) is 6.07 Å². The standard InChI is InChI=1S/C19H24N4O2/c1-2-21-19(22-12-15-7-4-3-5-8-15)23-13-16-9-6-10-17(11-16)25-14-18(20)24/h3-11H,2,12-14H2,1H3,(H2,20,24)(H2,21,22,23). The molecule has 6 nitrogen and oxygen atoms in total. The summed E-state index contributed by atoms with van der Waals surface area (Å²) in [5.41, 5.74) is 7.26. The van der Waals surface area contributed by atoms with Crippen LogP contribution in [0.5, 0.6) is 5.75 Å². The minimum absolute atomic E-state index is 0.131. The Morgan fingerprint density at radius 2 is 1.84 bits per heavy atom. The van der Waals surface area contributed by atoms with E-state index in [2.05, 4.69) is 27.8 Å². The van der Waals surface area contributed by atoms with Crippen LogP contribution in [-0.2, 0) is 17.9 Å². The fourth-order valence-electron chi connectivity index (χ4n) is 2.18. The SMILES string of the molecule is CCNC(=NCc1cccc(OCC(N)=O)c1)NCc1ccccc1. The topological polar surface area (TPSA) is 88.7 Å². The van der Waals surface area contributed by atoms with Gasteiger partial charge in [-0.05, 0) is 30.2 Å². The molecule has 0 aromatic heterocycles. The Morgan fingerprint density at radius 3 is 2.56 bits per heavy atom. The molecule has 0 atom stereocenters. The number of aliphatic imine (C=N–C) groups is 1. The molecule has 6 heteroatoms. The van der Waals surface area contributed by atoms with Gasteiger partial charge in [-0.3, -0.25) is 4.79 Å². The van der Waals surface area contributed by atoms with Crippen LogP contribution in [0.25, 0.3) is 0 Å². The van der Waals surface area contributed by atoms with Gasteiger partial charge in [-0.1, -0.05) is 42.5 Å². The molecule has 0 aliphatic carbocycles. The summed E-state index contributed by atoms with van der Waals surface area (Å²) >= 11 is 0. The van der Waals surface area contributed by atoms with Crippen molar-refractivity contribution in [1.29, 1.82) is 0 Å². The summed E-state index contributed by atoms with van der Waals surface area (Å²) in [5.74, 6) is 0.853. The summed E-state index contributed by atoms with van der Waals surface area (Å²) in [6.45, 7) is 3.88. The number of nitrogens with one attached hydrogen (secondary N) is 2. The molecule has 0 saturated heterocycles. The van der Waals surface area contributed by atoms with Gasteiger partial charge in [0, 0.05) is 13.1 Å². The molecule has 0 radical (unpaired) electrons. The van der Waals surface area contributed by atoms with Crippen molar-refractivity contribution in [2.75, 3.05) is 13.2 Å². The van der Waals surface area contributed by atoms with E-state index < -0.39 is 5.91 Å². The summed E-state index contributed by atoms with van der Waals surface area (Å²) in [5, 5.41) is 6.53. The minimum Gasteiger partial charge on any atom is -0.484 e. The lowest BCUT2D eigenvalue weighted by Gasteiger charge is -2.11. The molecule has 132 valence electrons. The molecule has 0 spiro atoms. The van der Waals surface area contributed by atoms with Crippen LogP contribution in [0.4, 0.5) is 0 Å². The van der Waals surface area contributed by atoms with E-state index in [0.717, 1.165) is 18.1 Å². The number of benzene rings is 2. The lowest BCUT2D eigenvalue weighted by Crippen LogP contribution is -2.36. The van der Waals surface area contributed by atoms with Crippen molar-refractivity contribution < 1.29 is 9.53 Å². The normalized spacial score (nSPS) is 11.0. The van der Waals surface area contributed by atoms with Gasteiger partial charge in [0.2, 0.25) is 0 Å². The Kier molecular flexibility index (Phi) is 7.31. The van der Waals surface area contributed by atoms with Gasteiger partial charge >= 0.3 is 0 Å². The van der Waals surface area contributed by atoms with Crippen LogP contribution in [0.1, 0.15) is 18.1 Å². The highest BCUT2D eigenvalue weighted by Crippen LogP contribution is 2.14. The van der Waals surface area contributed by atoms with Gasteiger partial charge in [0.25, 0.3) is 5.91 Å². The maximum atomic E-state index is 10.8. The fraction of sp³-hybridized carbons (Fsp3) is 0.263. The monoisotopic (exact) mass is 340 g/mol. The molecule has 4 N–H and O–H groups in total. The third-order valence-corrected chi connectivity index (χ3v) is 3.35. The molecule has 0 heterocycles. The van der Waals surface area contributed by atoms with Crippen molar-refractivity contribution in [3.8, 4) is 5.75 Å². The van der Waals surface area contributed by atoms with Crippen LogP contribution < -0.4 is 21.1 Å². The highest BCUT2D eigenvalue weighted by Gasteiger charge is 2.01. The molecule has 0 aliphatic heterocycles. The zero-order chi connectivity index (χ0) is 17.9. The third-order valence-electron chi connectivity index (χ3n) is 3.35. The maximum absolute atomic E-state index is 10.8. The van der Waals surface area contributed by atoms with Crippen molar-refractivity contribution in [2.24, 2.45) is 10.7 Å². The molecular formula is C19H24N4O2. The lowest BCUT2D eigenvalue weighted by atomic mass is 10.2. The number of nitrogens with zero attached hydrogens (tertiary/aromatic N) is 1. The van der Waals surface area contributed by atoms with Gasteiger partial charge in [0.05, 0.1) is 6.54 Å². The predicted octanol–water partition coefficient (Wildman–Crippen LogP) is 1.81. The molecule has 2 rings (SSSR count). The summed E-state index contributed by atoms with van der Waals surface area (Å²) in [6.07, 6.45) is 0. The number of carbonyl (C=O) groups excluding carboxylic acids is 1. The largest absolute Gasteiger partial charge is 0.484 e. The number of hydrogen-bond acceptors (Lipinski definition) is 3. The zero-order valence-electron chi connectivity index (χ0n) is 14.4. The summed E-state index contributed by atoms with van der Waals surface area (Å²) < 4.78 is 5.31. The molecule has 2 aromatic carbocycles. The molecule has 0 saturated carbocycles. The Bertz CT molecular complexity index is 702. The first-order chi connectivity index (χ1) is 12.2. The van der Waals surface area contributed by atoms with Crippen molar-refractivity contribution in [3.05, 3.63) is 65.7 Å².